The molecule has 0 saturated carbocycles. The van der Waals surface area contributed by atoms with Crippen molar-refractivity contribution < 1.29 is 17.6 Å². The second-order valence-electron chi connectivity index (χ2n) is 7.33. The maximum Gasteiger partial charge on any atom is 0.290 e. The van der Waals surface area contributed by atoms with E-state index in [1.54, 1.807) is 37.8 Å². The Morgan fingerprint density at radius 2 is 1.85 bits per heavy atom. The van der Waals surface area contributed by atoms with Gasteiger partial charge in [0.1, 0.15) is 0 Å². The molecule has 140 valence electrons. The van der Waals surface area contributed by atoms with E-state index < -0.39 is 15.6 Å². The molecular formula is C18H21ClN2O4S. The average Bonchev–Trinajstić information content (AvgIpc) is 2.97. The summed E-state index contributed by atoms with van der Waals surface area (Å²) in [5.41, 5.74) is 0.343. The Morgan fingerprint density at radius 3 is 2.38 bits per heavy atom. The van der Waals surface area contributed by atoms with Crippen molar-refractivity contribution in [3.05, 3.63) is 52.7 Å². The summed E-state index contributed by atoms with van der Waals surface area (Å²) < 4.78 is 32.5. The van der Waals surface area contributed by atoms with E-state index in [1.807, 2.05) is 12.1 Å². The van der Waals surface area contributed by atoms with Gasteiger partial charge in [0, 0.05) is 17.1 Å². The van der Waals surface area contributed by atoms with Gasteiger partial charge in [0.15, 0.2) is 5.76 Å². The first kappa shape index (κ1) is 18.9. The van der Waals surface area contributed by atoms with E-state index in [0.717, 1.165) is 12.0 Å². The number of halogens is 1. The van der Waals surface area contributed by atoms with Crippen molar-refractivity contribution in [2.24, 2.45) is 0 Å². The van der Waals surface area contributed by atoms with Crippen LogP contribution in [0.1, 0.15) is 49.4 Å². The topological polar surface area (TPSA) is 79.6 Å². The molecule has 0 spiro atoms. The van der Waals surface area contributed by atoms with E-state index in [-0.39, 0.29) is 22.8 Å². The third-order valence-electron chi connectivity index (χ3n) is 4.03. The molecule has 0 aliphatic carbocycles. The monoisotopic (exact) mass is 396 g/mol. The Bertz CT molecular complexity index is 913. The number of furan rings is 1. The van der Waals surface area contributed by atoms with E-state index in [9.17, 15) is 13.2 Å². The van der Waals surface area contributed by atoms with Crippen LogP contribution < -0.4 is 4.72 Å². The van der Waals surface area contributed by atoms with Gasteiger partial charge in [-0.25, -0.2) is 13.1 Å². The lowest BCUT2D eigenvalue weighted by Crippen LogP contribution is -2.45. The number of rotatable bonds is 4. The normalized spacial score (nSPS) is 17.8. The third kappa shape index (κ3) is 3.95. The zero-order valence-corrected chi connectivity index (χ0v) is 16.4. The summed E-state index contributed by atoms with van der Waals surface area (Å²) >= 11 is 5.91. The van der Waals surface area contributed by atoms with Crippen LogP contribution in [0.25, 0.3) is 0 Å². The number of likely N-dealkylation sites (tertiary alicyclic amines) is 1. The lowest BCUT2D eigenvalue weighted by Gasteiger charge is -2.40. The lowest BCUT2D eigenvalue weighted by molar-refractivity contribution is 0.0422. The number of benzene rings is 1. The number of carbonyl (C=O) groups excluding carboxylic acids is 1. The number of amides is 1. The highest BCUT2D eigenvalue weighted by Gasteiger charge is 2.36. The Balaban J connectivity index is 1.77. The molecule has 26 heavy (non-hydrogen) atoms. The largest absolute Gasteiger partial charge is 0.438 e. The van der Waals surface area contributed by atoms with Crippen molar-refractivity contribution in [1.29, 1.82) is 0 Å². The van der Waals surface area contributed by atoms with E-state index in [1.165, 1.54) is 12.1 Å². The molecule has 1 aliphatic heterocycles. The van der Waals surface area contributed by atoms with E-state index >= 15 is 0 Å². The molecular weight excluding hydrogens is 376 g/mol. The molecule has 3 rings (SSSR count). The van der Waals surface area contributed by atoms with Crippen molar-refractivity contribution >= 4 is 27.5 Å². The predicted octanol–water partition coefficient (Wildman–Crippen LogP) is 3.60. The van der Waals surface area contributed by atoms with Crippen molar-refractivity contribution in [3.63, 3.8) is 0 Å². The summed E-state index contributed by atoms with van der Waals surface area (Å²) in [6, 6.07) is 9.99. The van der Waals surface area contributed by atoms with Crippen LogP contribution in [0.3, 0.4) is 0 Å². The van der Waals surface area contributed by atoms with Gasteiger partial charge in [-0.1, -0.05) is 23.7 Å². The SMILES string of the molecule is CC(C)(C)NS(=O)(=O)c1ccc(C(=O)N2CC[C@@H]2c2ccc(Cl)cc2)o1. The third-order valence-corrected chi connectivity index (χ3v) is 5.92. The summed E-state index contributed by atoms with van der Waals surface area (Å²) in [5.74, 6) is -0.314. The van der Waals surface area contributed by atoms with Crippen LogP contribution in [0.2, 0.25) is 5.02 Å². The first-order valence-electron chi connectivity index (χ1n) is 8.27. The molecule has 0 radical (unpaired) electrons. The second-order valence-corrected chi connectivity index (χ2v) is 9.38. The molecule has 2 aromatic rings. The zero-order valence-electron chi connectivity index (χ0n) is 14.8. The summed E-state index contributed by atoms with van der Waals surface area (Å²) in [5, 5.41) is 0.373. The molecule has 1 fully saturated rings. The maximum absolute atomic E-state index is 12.7. The number of hydrogen-bond donors (Lipinski definition) is 1. The van der Waals surface area contributed by atoms with Crippen molar-refractivity contribution in [2.75, 3.05) is 6.54 Å². The zero-order chi connectivity index (χ0) is 19.1. The van der Waals surface area contributed by atoms with E-state index in [4.69, 9.17) is 16.0 Å². The fourth-order valence-corrected chi connectivity index (χ4v) is 4.32. The Morgan fingerprint density at radius 1 is 1.19 bits per heavy atom. The fourth-order valence-electron chi connectivity index (χ4n) is 2.84. The number of nitrogens with zero attached hydrogens (tertiary/aromatic N) is 1. The number of hydrogen-bond acceptors (Lipinski definition) is 4. The second kappa shape index (κ2) is 6.72. The smallest absolute Gasteiger partial charge is 0.290 e. The molecule has 1 saturated heterocycles. The first-order chi connectivity index (χ1) is 12.1. The Hall–Kier alpha value is -1.83. The lowest BCUT2D eigenvalue weighted by atomic mass is 9.94. The molecule has 1 aromatic heterocycles. The quantitative estimate of drug-likeness (QED) is 0.856. The molecule has 1 amide bonds. The maximum atomic E-state index is 12.7. The van der Waals surface area contributed by atoms with Crippen LogP contribution >= 0.6 is 11.6 Å². The van der Waals surface area contributed by atoms with Gasteiger partial charge in [-0.3, -0.25) is 4.79 Å². The standard InChI is InChI=1S/C18H21ClN2O4S/c1-18(2,3)20-26(23,24)16-9-8-15(25-16)17(22)21-11-10-14(21)12-4-6-13(19)7-5-12/h4-9,14,20H,10-11H2,1-3H3/t14-/m1/s1. The van der Waals surface area contributed by atoms with Crippen LogP contribution in [-0.2, 0) is 10.0 Å². The minimum atomic E-state index is -3.82. The van der Waals surface area contributed by atoms with Crippen LogP contribution in [0.5, 0.6) is 0 Å². The van der Waals surface area contributed by atoms with Gasteiger partial charge in [-0.05, 0) is 57.0 Å². The molecule has 2 heterocycles. The molecule has 0 unspecified atom stereocenters. The summed E-state index contributed by atoms with van der Waals surface area (Å²) in [6.45, 7) is 5.79. The highest BCUT2D eigenvalue weighted by molar-refractivity contribution is 7.89. The predicted molar refractivity (Wildman–Crippen MR) is 98.6 cm³/mol. The number of sulfonamides is 1. The fraction of sp³-hybridized carbons (Fsp3) is 0.389. The molecule has 1 atom stereocenters. The van der Waals surface area contributed by atoms with Gasteiger partial charge < -0.3 is 9.32 Å². The highest BCUT2D eigenvalue weighted by Crippen LogP contribution is 2.35. The van der Waals surface area contributed by atoms with Gasteiger partial charge in [-0.15, -0.1) is 0 Å². The number of nitrogens with one attached hydrogen (secondary N) is 1. The van der Waals surface area contributed by atoms with Crippen LogP contribution in [-0.4, -0.2) is 31.3 Å². The Kier molecular flexibility index (Phi) is 4.90. The van der Waals surface area contributed by atoms with Crippen molar-refractivity contribution in [1.82, 2.24) is 9.62 Å². The van der Waals surface area contributed by atoms with Crippen LogP contribution in [0.15, 0.2) is 45.9 Å². The molecule has 1 aromatic carbocycles. The average molecular weight is 397 g/mol. The Labute approximate surface area is 158 Å². The van der Waals surface area contributed by atoms with Gasteiger partial charge in [0.2, 0.25) is 5.09 Å². The molecule has 0 bridgehead atoms. The van der Waals surface area contributed by atoms with Crippen LogP contribution in [0, 0.1) is 0 Å². The molecule has 8 heteroatoms. The molecule has 1 aliphatic rings. The van der Waals surface area contributed by atoms with Gasteiger partial charge in [0.25, 0.3) is 15.9 Å². The summed E-state index contributed by atoms with van der Waals surface area (Å²) in [4.78, 5) is 14.4. The molecule has 1 N–H and O–H groups in total. The van der Waals surface area contributed by atoms with Crippen molar-refractivity contribution in [2.45, 2.75) is 43.9 Å². The highest BCUT2D eigenvalue weighted by atomic mass is 35.5. The summed E-state index contributed by atoms with van der Waals surface area (Å²) in [7, 11) is -3.82. The van der Waals surface area contributed by atoms with Gasteiger partial charge >= 0.3 is 0 Å². The summed E-state index contributed by atoms with van der Waals surface area (Å²) in [6.07, 6.45) is 0.838. The minimum Gasteiger partial charge on any atom is -0.438 e. The van der Waals surface area contributed by atoms with Gasteiger partial charge in [0.05, 0.1) is 6.04 Å². The first-order valence-corrected chi connectivity index (χ1v) is 10.1. The van der Waals surface area contributed by atoms with Crippen LogP contribution in [0.4, 0.5) is 0 Å². The molecule has 6 nitrogen and oxygen atoms in total. The van der Waals surface area contributed by atoms with Gasteiger partial charge in [-0.2, -0.15) is 0 Å². The van der Waals surface area contributed by atoms with E-state index in [0.29, 0.717) is 11.6 Å². The van der Waals surface area contributed by atoms with E-state index in [2.05, 4.69) is 4.72 Å². The van der Waals surface area contributed by atoms with Crippen molar-refractivity contribution in [3.8, 4) is 0 Å². The minimum absolute atomic E-state index is 0.0120. The number of carbonyl (C=O) groups is 1.